The third kappa shape index (κ3) is 4.32. The number of carbonyl (C=O) groups excluding carboxylic acids is 1. The predicted molar refractivity (Wildman–Crippen MR) is 78.2 cm³/mol. The molecule has 1 aliphatic rings. The van der Waals surface area contributed by atoms with E-state index < -0.39 is 5.60 Å². The van der Waals surface area contributed by atoms with E-state index in [1.165, 1.54) is 0 Å². The van der Waals surface area contributed by atoms with Crippen molar-refractivity contribution in [1.82, 2.24) is 5.32 Å². The van der Waals surface area contributed by atoms with Crippen LogP contribution in [0.25, 0.3) is 0 Å². The first-order valence-electron chi connectivity index (χ1n) is 6.89. The minimum Gasteiger partial charge on any atom is -0.388 e. The van der Waals surface area contributed by atoms with Crippen LogP contribution in [0.3, 0.4) is 0 Å². The summed E-state index contributed by atoms with van der Waals surface area (Å²) in [7, 11) is 0. The number of rotatable bonds is 4. The van der Waals surface area contributed by atoms with Gasteiger partial charge in [0.1, 0.15) is 0 Å². The highest BCUT2D eigenvalue weighted by Gasteiger charge is 2.36. The van der Waals surface area contributed by atoms with Gasteiger partial charge in [-0.15, -0.1) is 0 Å². The molecule has 0 radical (unpaired) electrons. The molecule has 0 atom stereocenters. The van der Waals surface area contributed by atoms with Gasteiger partial charge in [-0.2, -0.15) is 11.3 Å². The van der Waals surface area contributed by atoms with Crippen LogP contribution >= 0.6 is 11.3 Å². The summed E-state index contributed by atoms with van der Waals surface area (Å²) in [4.78, 5) is 11.8. The van der Waals surface area contributed by atoms with Gasteiger partial charge in [-0.05, 0) is 53.5 Å². The summed E-state index contributed by atoms with van der Waals surface area (Å²) in [5.74, 6) is -0.00309. The Morgan fingerprint density at radius 1 is 1.37 bits per heavy atom. The van der Waals surface area contributed by atoms with Gasteiger partial charge in [0.15, 0.2) is 0 Å². The summed E-state index contributed by atoms with van der Waals surface area (Å²) in [5.41, 5.74) is 0.659. The zero-order valence-electron chi connectivity index (χ0n) is 11.7. The first kappa shape index (κ1) is 14.5. The average Bonchev–Trinajstić information content (AvgIpc) is 2.84. The fourth-order valence-corrected chi connectivity index (χ4v) is 3.14. The number of amides is 1. The molecule has 0 bridgehead atoms. The Bertz CT molecular complexity index is 415. The van der Waals surface area contributed by atoms with E-state index in [0.29, 0.717) is 18.4 Å². The molecule has 0 unspecified atom stereocenters. The highest BCUT2D eigenvalue weighted by molar-refractivity contribution is 7.07. The molecule has 1 heterocycles. The average molecular weight is 281 g/mol. The second kappa shape index (κ2) is 5.63. The Balaban J connectivity index is 1.77. The van der Waals surface area contributed by atoms with Crippen molar-refractivity contribution >= 4 is 17.2 Å². The Hall–Kier alpha value is -0.870. The SMILES string of the molecule is CC1(C)CCC(O)(CNC(=O)Cc2ccsc2)CC1. The van der Waals surface area contributed by atoms with Gasteiger partial charge in [0.2, 0.25) is 5.91 Å². The number of hydrogen-bond acceptors (Lipinski definition) is 3. The lowest BCUT2D eigenvalue weighted by Gasteiger charge is -2.40. The van der Waals surface area contributed by atoms with Crippen LogP contribution in [-0.4, -0.2) is 23.2 Å². The van der Waals surface area contributed by atoms with Crippen LogP contribution in [0.1, 0.15) is 45.1 Å². The van der Waals surface area contributed by atoms with E-state index in [-0.39, 0.29) is 5.91 Å². The topological polar surface area (TPSA) is 49.3 Å². The fraction of sp³-hybridized carbons (Fsp3) is 0.667. The first-order valence-corrected chi connectivity index (χ1v) is 7.83. The number of thiophene rings is 1. The Morgan fingerprint density at radius 3 is 2.63 bits per heavy atom. The summed E-state index contributed by atoms with van der Waals surface area (Å²) in [6.07, 6.45) is 4.00. The minimum absolute atomic E-state index is 0.00309. The van der Waals surface area contributed by atoms with Gasteiger partial charge in [-0.25, -0.2) is 0 Å². The molecule has 0 aromatic carbocycles. The zero-order valence-corrected chi connectivity index (χ0v) is 12.6. The number of hydrogen-bond donors (Lipinski definition) is 2. The van der Waals surface area contributed by atoms with E-state index in [9.17, 15) is 9.90 Å². The molecule has 0 aliphatic heterocycles. The lowest BCUT2D eigenvalue weighted by atomic mass is 9.71. The van der Waals surface area contributed by atoms with Gasteiger partial charge in [0.25, 0.3) is 0 Å². The molecule has 1 amide bonds. The van der Waals surface area contributed by atoms with E-state index in [4.69, 9.17) is 0 Å². The van der Waals surface area contributed by atoms with Gasteiger partial charge in [-0.1, -0.05) is 13.8 Å². The maximum absolute atomic E-state index is 11.8. The molecule has 4 heteroatoms. The van der Waals surface area contributed by atoms with Crippen molar-refractivity contribution < 1.29 is 9.90 Å². The second-order valence-electron chi connectivity index (χ2n) is 6.47. The van der Waals surface area contributed by atoms with Crippen molar-refractivity contribution in [2.24, 2.45) is 5.41 Å². The highest BCUT2D eigenvalue weighted by Crippen LogP contribution is 2.39. The van der Waals surface area contributed by atoms with Gasteiger partial charge in [0, 0.05) is 6.54 Å². The van der Waals surface area contributed by atoms with Crippen molar-refractivity contribution in [3.8, 4) is 0 Å². The van der Waals surface area contributed by atoms with Crippen molar-refractivity contribution in [3.63, 3.8) is 0 Å². The van der Waals surface area contributed by atoms with Crippen LogP contribution in [-0.2, 0) is 11.2 Å². The molecular weight excluding hydrogens is 258 g/mol. The molecule has 106 valence electrons. The van der Waals surface area contributed by atoms with E-state index in [0.717, 1.165) is 31.2 Å². The molecule has 1 aromatic heterocycles. The summed E-state index contributed by atoms with van der Waals surface area (Å²) < 4.78 is 0. The van der Waals surface area contributed by atoms with Crippen LogP contribution in [0.2, 0.25) is 0 Å². The molecule has 1 aromatic rings. The Morgan fingerprint density at radius 2 is 2.05 bits per heavy atom. The molecule has 2 rings (SSSR count). The van der Waals surface area contributed by atoms with E-state index >= 15 is 0 Å². The van der Waals surface area contributed by atoms with E-state index in [1.807, 2.05) is 16.8 Å². The van der Waals surface area contributed by atoms with Crippen molar-refractivity contribution in [2.45, 2.75) is 51.6 Å². The molecular formula is C15H23NO2S. The smallest absolute Gasteiger partial charge is 0.224 e. The van der Waals surface area contributed by atoms with Gasteiger partial charge in [0.05, 0.1) is 12.0 Å². The van der Waals surface area contributed by atoms with Gasteiger partial charge in [-0.3, -0.25) is 4.79 Å². The van der Waals surface area contributed by atoms with Crippen molar-refractivity contribution in [3.05, 3.63) is 22.4 Å². The van der Waals surface area contributed by atoms with E-state index in [2.05, 4.69) is 19.2 Å². The van der Waals surface area contributed by atoms with E-state index in [1.54, 1.807) is 11.3 Å². The maximum Gasteiger partial charge on any atom is 0.224 e. The monoisotopic (exact) mass is 281 g/mol. The first-order chi connectivity index (χ1) is 8.89. The normalized spacial score (nSPS) is 21.0. The second-order valence-corrected chi connectivity index (χ2v) is 7.25. The fourth-order valence-electron chi connectivity index (χ4n) is 2.47. The summed E-state index contributed by atoms with van der Waals surface area (Å²) >= 11 is 1.60. The van der Waals surface area contributed by atoms with Crippen LogP contribution in [0.5, 0.6) is 0 Å². The Kier molecular flexibility index (Phi) is 4.31. The Labute approximate surface area is 119 Å². The van der Waals surface area contributed by atoms with Crippen LogP contribution in [0.15, 0.2) is 16.8 Å². The summed E-state index contributed by atoms with van der Waals surface area (Å²) in [6, 6.07) is 1.96. The molecule has 1 fully saturated rings. The number of nitrogens with one attached hydrogen (secondary N) is 1. The highest BCUT2D eigenvalue weighted by atomic mass is 32.1. The van der Waals surface area contributed by atoms with Crippen molar-refractivity contribution in [1.29, 1.82) is 0 Å². The third-order valence-corrected chi connectivity index (χ3v) is 4.83. The molecule has 0 saturated heterocycles. The van der Waals surface area contributed by atoms with Crippen molar-refractivity contribution in [2.75, 3.05) is 6.54 Å². The van der Waals surface area contributed by atoms with Gasteiger partial charge < -0.3 is 10.4 Å². The molecule has 19 heavy (non-hydrogen) atoms. The van der Waals surface area contributed by atoms with Gasteiger partial charge >= 0.3 is 0 Å². The summed E-state index contributed by atoms with van der Waals surface area (Å²) in [6.45, 7) is 4.86. The molecule has 2 N–H and O–H groups in total. The lowest BCUT2D eigenvalue weighted by Crippen LogP contribution is -2.46. The molecule has 0 spiro atoms. The van der Waals surface area contributed by atoms with Crippen LogP contribution < -0.4 is 5.32 Å². The third-order valence-electron chi connectivity index (χ3n) is 4.09. The minimum atomic E-state index is -0.709. The maximum atomic E-state index is 11.8. The lowest BCUT2D eigenvalue weighted by molar-refractivity contribution is -0.122. The van der Waals surface area contributed by atoms with Crippen LogP contribution in [0, 0.1) is 5.41 Å². The zero-order chi connectivity index (χ0) is 13.9. The number of aliphatic hydroxyl groups is 1. The quantitative estimate of drug-likeness (QED) is 0.891. The molecule has 3 nitrogen and oxygen atoms in total. The molecule has 1 saturated carbocycles. The summed E-state index contributed by atoms with van der Waals surface area (Å²) in [5, 5.41) is 17.3. The molecule has 1 aliphatic carbocycles. The largest absolute Gasteiger partial charge is 0.388 e. The number of carbonyl (C=O) groups is 1. The standard InChI is InChI=1S/C15H23NO2S/c1-14(2)4-6-15(18,7-5-14)11-16-13(17)9-12-3-8-19-10-12/h3,8,10,18H,4-7,9,11H2,1-2H3,(H,16,17). The van der Waals surface area contributed by atoms with Crippen LogP contribution in [0.4, 0.5) is 0 Å². The predicted octanol–water partition coefficient (Wildman–Crippen LogP) is 2.74.